The molecular formula is C28H32N2O6S. The molecule has 2 aromatic carbocycles. The van der Waals surface area contributed by atoms with Crippen LogP contribution in [0.2, 0.25) is 0 Å². The van der Waals surface area contributed by atoms with Gasteiger partial charge in [0.05, 0.1) is 33.5 Å². The molecule has 2 N–H and O–H groups in total. The maximum Gasteiger partial charge on any atom is 0.268 e. The highest BCUT2D eigenvalue weighted by Gasteiger charge is 2.20. The molecular weight excluding hydrogens is 492 g/mol. The Morgan fingerprint density at radius 1 is 0.919 bits per heavy atom. The number of hydrogen-bond acceptors (Lipinski definition) is 7. The van der Waals surface area contributed by atoms with Gasteiger partial charge in [-0.2, -0.15) is 0 Å². The average Bonchev–Trinajstić information content (AvgIpc) is 3.42. The van der Waals surface area contributed by atoms with Crippen LogP contribution < -0.4 is 29.6 Å². The first kappa shape index (κ1) is 27.6. The van der Waals surface area contributed by atoms with E-state index in [1.807, 2.05) is 56.5 Å². The second-order valence-electron chi connectivity index (χ2n) is 7.86. The summed E-state index contributed by atoms with van der Waals surface area (Å²) in [6.45, 7) is 6.67. The molecule has 8 nitrogen and oxygen atoms in total. The molecule has 196 valence electrons. The minimum Gasteiger partial charge on any atom is -0.493 e. The van der Waals surface area contributed by atoms with Gasteiger partial charge in [-0.05, 0) is 74.2 Å². The standard InChI is InChI=1S/C28H32N2O6S/c1-6-35-24-13-10-19(15-26(24)36-7-2)18(3)29-28(32)22(17-21-9-8-14-37-21)30-27(31)20-11-12-23(33-4)25(16-20)34-5/h8-18H,6-7H2,1-5H3,(H,29,32)(H,30,31)/b22-17-. The second-order valence-corrected chi connectivity index (χ2v) is 8.84. The van der Waals surface area contributed by atoms with E-state index in [1.54, 1.807) is 24.3 Å². The molecule has 0 aliphatic carbocycles. The molecule has 0 aliphatic heterocycles. The first-order valence-corrected chi connectivity index (χ1v) is 12.8. The Kier molecular flexibility index (Phi) is 9.97. The number of thiophene rings is 1. The van der Waals surface area contributed by atoms with Gasteiger partial charge >= 0.3 is 0 Å². The van der Waals surface area contributed by atoms with E-state index in [4.69, 9.17) is 18.9 Å². The van der Waals surface area contributed by atoms with Crippen LogP contribution in [0, 0.1) is 0 Å². The molecule has 37 heavy (non-hydrogen) atoms. The van der Waals surface area contributed by atoms with E-state index in [0.717, 1.165) is 10.4 Å². The first-order chi connectivity index (χ1) is 17.9. The fourth-order valence-corrected chi connectivity index (χ4v) is 4.20. The van der Waals surface area contributed by atoms with E-state index < -0.39 is 11.8 Å². The van der Waals surface area contributed by atoms with E-state index in [9.17, 15) is 9.59 Å². The molecule has 1 aromatic heterocycles. The summed E-state index contributed by atoms with van der Waals surface area (Å²) in [6.07, 6.45) is 1.65. The monoisotopic (exact) mass is 524 g/mol. The van der Waals surface area contributed by atoms with Gasteiger partial charge in [0.25, 0.3) is 11.8 Å². The molecule has 0 bridgehead atoms. The van der Waals surface area contributed by atoms with Crippen LogP contribution in [-0.4, -0.2) is 39.2 Å². The van der Waals surface area contributed by atoms with Crippen molar-refractivity contribution in [3.8, 4) is 23.0 Å². The molecule has 0 spiro atoms. The third-order valence-corrected chi connectivity index (χ3v) is 6.20. The Bertz CT molecular complexity index is 1240. The molecule has 9 heteroatoms. The Labute approximate surface area is 221 Å². The number of amides is 2. The summed E-state index contributed by atoms with van der Waals surface area (Å²) in [6, 6.07) is 13.7. The molecule has 0 fully saturated rings. The van der Waals surface area contributed by atoms with Crippen molar-refractivity contribution in [2.75, 3.05) is 27.4 Å². The topological polar surface area (TPSA) is 95.1 Å². The molecule has 2 amide bonds. The number of methoxy groups -OCH3 is 2. The Balaban J connectivity index is 1.83. The lowest BCUT2D eigenvalue weighted by molar-refractivity contribution is -0.118. The van der Waals surface area contributed by atoms with Crippen LogP contribution in [0.25, 0.3) is 6.08 Å². The average molecular weight is 525 g/mol. The molecule has 3 rings (SSSR count). The summed E-state index contributed by atoms with van der Waals surface area (Å²) in [5, 5.41) is 7.62. The van der Waals surface area contributed by atoms with Crippen LogP contribution >= 0.6 is 11.3 Å². The summed E-state index contributed by atoms with van der Waals surface area (Å²) in [4.78, 5) is 27.2. The number of benzene rings is 2. The maximum atomic E-state index is 13.3. The summed E-state index contributed by atoms with van der Waals surface area (Å²) >= 11 is 1.46. The van der Waals surface area contributed by atoms with Crippen LogP contribution in [0.15, 0.2) is 59.6 Å². The van der Waals surface area contributed by atoms with Gasteiger partial charge < -0.3 is 29.6 Å². The Morgan fingerprint density at radius 2 is 1.62 bits per heavy atom. The quantitative estimate of drug-likeness (QED) is 0.316. The van der Waals surface area contributed by atoms with Gasteiger partial charge in [-0.3, -0.25) is 9.59 Å². The fourth-order valence-electron chi connectivity index (χ4n) is 3.54. The predicted octanol–water partition coefficient (Wildman–Crippen LogP) is 5.21. The number of ether oxygens (including phenoxy) is 4. The molecule has 0 aliphatic rings. The molecule has 1 heterocycles. The lowest BCUT2D eigenvalue weighted by Crippen LogP contribution is -2.36. The highest BCUT2D eigenvalue weighted by Crippen LogP contribution is 2.31. The lowest BCUT2D eigenvalue weighted by atomic mass is 10.1. The van der Waals surface area contributed by atoms with E-state index in [0.29, 0.717) is 41.8 Å². The first-order valence-electron chi connectivity index (χ1n) is 11.9. The van der Waals surface area contributed by atoms with E-state index >= 15 is 0 Å². The third kappa shape index (κ3) is 7.27. The van der Waals surface area contributed by atoms with Crippen LogP contribution in [0.1, 0.15) is 47.6 Å². The minimum atomic E-state index is -0.453. The van der Waals surface area contributed by atoms with Gasteiger partial charge in [-0.25, -0.2) is 0 Å². The highest BCUT2D eigenvalue weighted by atomic mass is 32.1. The van der Waals surface area contributed by atoms with Crippen molar-refractivity contribution >= 4 is 29.2 Å². The van der Waals surface area contributed by atoms with Crippen molar-refractivity contribution in [3.05, 3.63) is 75.6 Å². The largest absolute Gasteiger partial charge is 0.493 e. The number of carbonyl (C=O) groups is 2. The number of rotatable bonds is 12. The van der Waals surface area contributed by atoms with E-state index in [-0.39, 0.29) is 11.7 Å². The summed E-state index contributed by atoms with van der Waals surface area (Å²) < 4.78 is 21.9. The van der Waals surface area contributed by atoms with Crippen molar-refractivity contribution in [2.24, 2.45) is 0 Å². The van der Waals surface area contributed by atoms with E-state index in [1.165, 1.54) is 25.6 Å². The van der Waals surface area contributed by atoms with Crippen molar-refractivity contribution in [1.29, 1.82) is 0 Å². The van der Waals surface area contributed by atoms with E-state index in [2.05, 4.69) is 10.6 Å². The smallest absolute Gasteiger partial charge is 0.268 e. The van der Waals surface area contributed by atoms with Crippen molar-refractivity contribution in [1.82, 2.24) is 10.6 Å². The van der Waals surface area contributed by atoms with Crippen LogP contribution in [0.5, 0.6) is 23.0 Å². The Hall–Kier alpha value is -3.98. The number of hydrogen-bond donors (Lipinski definition) is 2. The summed E-state index contributed by atoms with van der Waals surface area (Å²) in [5.74, 6) is 1.29. The molecule has 1 unspecified atom stereocenters. The van der Waals surface area contributed by atoms with Gasteiger partial charge in [-0.15, -0.1) is 11.3 Å². The minimum absolute atomic E-state index is 0.116. The second kappa shape index (κ2) is 13.4. The molecule has 0 radical (unpaired) electrons. The number of carbonyl (C=O) groups excluding carboxylic acids is 2. The summed E-state index contributed by atoms with van der Waals surface area (Å²) in [5.41, 5.74) is 1.27. The zero-order valence-electron chi connectivity index (χ0n) is 21.6. The van der Waals surface area contributed by atoms with Gasteiger partial charge in [0.1, 0.15) is 5.70 Å². The van der Waals surface area contributed by atoms with Crippen LogP contribution in [-0.2, 0) is 4.79 Å². The normalized spacial score (nSPS) is 11.9. The van der Waals surface area contributed by atoms with Crippen LogP contribution in [0.3, 0.4) is 0 Å². The predicted molar refractivity (Wildman–Crippen MR) is 145 cm³/mol. The third-order valence-electron chi connectivity index (χ3n) is 5.38. The SMILES string of the molecule is CCOc1ccc(C(C)NC(=O)/C(=C/c2cccs2)NC(=O)c2ccc(OC)c(OC)c2)cc1OCC. The zero-order valence-corrected chi connectivity index (χ0v) is 22.4. The highest BCUT2D eigenvalue weighted by molar-refractivity contribution is 7.10. The van der Waals surface area contributed by atoms with Crippen molar-refractivity contribution in [3.63, 3.8) is 0 Å². The van der Waals surface area contributed by atoms with Crippen molar-refractivity contribution < 1.29 is 28.5 Å². The van der Waals surface area contributed by atoms with Gasteiger partial charge in [0.15, 0.2) is 23.0 Å². The number of nitrogens with one attached hydrogen (secondary N) is 2. The maximum absolute atomic E-state index is 13.3. The molecule has 0 saturated heterocycles. The van der Waals surface area contributed by atoms with Crippen molar-refractivity contribution in [2.45, 2.75) is 26.8 Å². The van der Waals surface area contributed by atoms with Gasteiger partial charge in [0, 0.05) is 10.4 Å². The lowest BCUT2D eigenvalue weighted by Gasteiger charge is -2.19. The zero-order chi connectivity index (χ0) is 26.8. The van der Waals surface area contributed by atoms with Gasteiger partial charge in [0.2, 0.25) is 0 Å². The van der Waals surface area contributed by atoms with Gasteiger partial charge in [-0.1, -0.05) is 12.1 Å². The molecule has 1 atom stereocenters. The molecule has 0 saturated carbocycles. The summed E-state index contributed by atoms with van der Waals surface area (Å²) in [7, 11) is 3.01. The molecule has 3 aromatic rings. The fraction of sp³-hybridized carbons (Fsp3) is 0.286. The van der Waals surface area contributed by atoms with Crippen LogP contribution in [0.4, 0.5) is 0 Å². The Morgan fingerprint density at radius 3 is 2.27 bits per heavy atom.